The fourth-order valence-electron chi connectivity index (χ4n) is 0. The first-order chi connectivity index (χ1) is 2.73. The van der Waals surface area contributed by atoms with Gasteiger partial charge in [-0.15, -0.1) is 6.58 Å². The molecule has 1 heteroatoms. The first kappa shape index (κ1) is 9.20. The summed E-state index contributed by atoms with van der Waals surface area (Å²) in [6, 6.07) is 0. The molecule has 1 nitrogen and oxygen atoms in total. The number of allylic oxidation sites excluding steroid dienone is 1. The van der Waals surface area contributed by atoms with E-state index in [9.17, 15) is 0 Å². The standard InChI is InChI=1S/C4H8.CH4O/c1-4(2)3;1-2/h1H2,2-3H3;2H,1H3. The van der Waals surface area contributed by atoms with E-state index in [1.54, 1.807) is 0 Å². The van der Waals surface area contributed by atoms with Crippen molar-refractivity contribution in [1.82, 2.24) is 0 Å². The summed E-state index contributed by atoms with van der Waals surface area (Å²) in [6.45, 7) is 7.50. The zero-order valence-corrected chi connectivity index (χ0v) is 4.65. The van der Waals surface area contributed by atoms with Crippen molar-refractivity contribution in [2.24, 2.45) is 0 Å². The van der Waals surface area contributed by atoms with Crippen LogP contribution in [0.15, 0.2) is 12.2 Å². The first-order valence-corrected chi connectivity index (χ1v) is 1.80. The van der Waals surface area contributed by atoms with Gasteiger partial charge in [-0.25, -0.2) is 0 Å². The van der Waals surface area contributed by atoms with Crippen LogP contribution in [0, 0.1) is 0 Å². The molecule has 0 aliphatic rings. The zero-order valence-electron chi connectivity index (χ0n) is 4.65. The second-order valence-corrected chi connectivity index (χ2v) is 1.21. The van der Waals surface area contributed by atoms with Crippen LogP contribution in [-0.2, 0) is 0 Å². The average Bonchev–Trinajstić information content (AvgIpc) is 1.41. The summed E-state index contributed by atoms with van der Waals surface area (Å²) in [4.78, 5) is 0. The summed E-state index contributed by atoms with van der Waals surface area (Å²) in [5, 5.41) is 7.00. The molecule has 0 fully saturated rings. The predicted molar refractivity (Wildman–Crippen MR) is 28.6 cm³/mol. The Kier molecular flexibility index (Phi) is 13.5. The summed E-state index contributed by atoms with van der Waals surface area (Å²) >= 11 is 0. The SMILES string of the molecule is C=C(C)C.CO. The fraction of sp³-hybridized carbons (Fsp3) is 0.600. The molecule has 1 N–H and O–H groups in total. The summed E-state index contributed by atoms with van der Waals surface area (Å²) in [7, 11) is 1.00. The molecule has 0 aromatic carbocycles. The average molecular weight is 88.1 g/mol. The molecular weight excluding hydrogens is 76.1 g/mol. The molecule has 0 rings (SSSR count). The maximum Gasteiger partial charge on any atom is 0.0319 e. The molecule has 0 aromatic rings. The maximum absolute atomic E-state index is 7.00. The summed E-state index contributed by atoms with van der Waals surface area (Å²) in [6.07, 6.45) is 0. The van der Waals surface area contributed by atoms with Crippen LogP contribution in [0.3, 0.4) is 0 Å². The summed E-state index contributed by atoms with van der Waals surface area (Å²) in [5.74, 6) is 0. The van der Waals surface area contributed by atoms with Crippen LogP contribution in [0.2, 0.25) is 0 Å². The molecule has 0 bridgehead atoms. The highest BCUT2D eigenvalue weighted by atomic mass is 16.2. The molecule has 0 saturated heterocycles. The lowest BCUT2D eigenvalue weighted by Crippen LogP contribution is -1.43. The van der Waals surface area contributed by atoms with E-state index in [1.807, 2.05) is 13.8 Å². The van der Waals surface area contributed by atoms with Gasteiger partial charge in [-0.1, -0.05) is 5.57 Å². The molecule has 0 aliphatic carbocycles. The van der Waals surface area contributed by atoms with E-state index >= 15 is 0 Å². The molecule has 0 atom stereocenters. The Balaban J connectivity index is 0. The monoisotopic (exact) mass is 88.1 g/mol. The normalized spacial score (nSPS) is 5.33. The molecule has 0 radical (unpaired) electrons. The number of hydrogen-bond acceptors (Lipinski definition) is 1. The van der Waals surface area contributed by atoms with Crippen molar-refractivity contribution in [3.63, 3.8) is 0 Å². The van der Waals surface area contributed by atoms with Crippen molar-refractivity contribution in [2.75, 3.05) is 7.11 Å². The van der Waals surface area contributed by atoms with Crippen molar-refractivity contribution < 1.29 is 5.11 Å². The van der Waals surface area contributed by atoms with Crippen molar-refractivity contribution in [3.8, 4) is 0 Å². The minimum absolute atomic E-state index is 1.00. The van der Waals surface area contributed by atoms with E-state index in [4.69, 9.17) is 5.11 Å². The van der Waals surface area contributed by atoms with Crippen molar-refractivity contribution in [3.05, 3.63) is 12.2 Å². The smallest absolute Gasteiger partial charge is 0.0319 e. The lowest BCUT2D eigenvalue weighted by molar-refractivity contribution is 0.399. The Morgan fingerprint density at radius 2 is 1.33 bits per heavy atom. The van der Waals surface area contributed by atoms with Gasteiger partial charge in [0, 0.05) is 7.11 Å². The van der Waals surface area contributed by atoms with Gasteiger partial charge in [0.2, 0.25) is 0 Å². The van der Waals surface area contributed by atoms with Crippen LogP contribution in [0.4, 0.5) is 0 Å². The van der Waals surface area contributed by atoms with Crippen molar-refractivity contribution >= 4 is 0 Å². The maximum atomic E-state index is 7.00. The predicted octanol–water partition coefficient (Wildman–Crippen LogP) is 1.19. The molecule has 38 valence electrons. The van der Waals surface area contributed by atoms with Crippen LogP contribution < -0.4 is 0 Å². The third-order valence-electron chi connectivity index (χ3n) is 0. The van der Waals surface area contributed by atoms with Gasteiger partial charge in [-0.2, -0.15) is 0 Å². The molecular formula is C5H12O. The highest BCUT2D eigenvalue weighted by Gasteiger charge is 1.51. The van der Waals surface area contributed by atoms with E-state index in [0.717, 1.165) is 7.11 Å². The van der Waals surface area contributed by atoms with E-state index in [0.29, 0.717) is 0 Å². The Morgan fingerprint density at radius 3 is 1.33 bits per heavy atom. The quantitative estimate of drug-likeness (QED) is 0.441. The van der Waals surface area contributed by atoms with E-state index in [-0.39, 0.29) is 0 Å². The highest BCUT2D eigenvalue weighted by Crippen LogP contribution is 1.73. The molecule has 0 aliphatic heterocycles. The first-order valence-electron chi connectivity index (χ1n) is 1.80. The van der Waals surface area contributed by atoms with Crippen LogP contribution in [0.1, 0.15) is 13.8 Å². The van der Waals surface area contributed by atoms with Crippen LogP contribution in [0.25, 0.3) is 0 Å². The molecule has 0 amide bonds. The number of aliphatic hydroxyl groups excluding tert-OH is 1. The zero-order chi connectivity index (χ0) is 5.58. The lowest BCUT2D eigenvalue weighted by Gasteiger charge is -1.65. The van der Waals surface area contributed by atoms with Crippen molar-refractivity contribution in [2.45, 2.75) is 13.8 Å². The Bertz CT molecular complexity index is 26.9. The number of hydrogen-bond donors (Lipinski definition) is 1. The molecule has 0 spiro atoms. The van der Waals surface area contributed by atoms with Gasteiger partial charge in [-0.05, 0) is 13.8 Å². The van der Waals surface area contributed by atoms with Crippen molar-refractivity contribution in [1.29, 1.82) is 0 Å². The molecule has 0 unspecified atom stereocenters. The Labute approximate surface area is 39.3 Å². The Morgan fingerprint density at radius 1 is 1.33 bits per heavy atom. The largest absolute Gasteiger partial charge is 0.400 e. The fourth-order valence-corrected chi connectivity index (χ4v) is 0. The van der Waals surface area contributed by atoms with E-state index in [1.165, 1.54) is 5.57 Å². The van der Waals surface area contributed by atoms with Gasteiger partial charge in [-0.3, -0.25) is 0 Å². The summed E-state index contributed by atoms with van der Waals surface area (Å²) in [5.41, 5.74) is 1.17. The molecule has 6 heavy (non-hydrogen) atoms. The second kappa shape index (κ2) is 8.83. The van der Waals surface area contributed by atoms with Gasteiger partial charge >= 0.3 is 0 Å². The third kappa shape index (κ3) is 300. The topological polar surface area (TPSA) is 20.2 Å². The summed E-state index contributed by atoms with van der Waals surface area (Å²) < 4.78 is 0. The molecule has 0 heterocycles. The second-order valence-electron chi connectivity index (χ2n) is 1.21. The van der Waals surface area contributed by atoms with E-state index < -0.39 is 0 Å². The van der Waals surface area contributed by atoms with Gasteiger partial charge < -0.3 is 5.11 Å². The van der Waals surface area contributed by atoms with Crippen LogP contribution in [0.5, 0.6) is 0 Å². The van der Waals surface area contributed by atoms with Crippen LogP contribution >= 0.6 is 0 Å². The molecule has 0 saturated carbocycles. The van der Waals surface area contributed by atoms with Gasteiger partial charge in [0.05, 0.1) is 0 Å². The third-order valence-corrected chi connectivity index (χ3v) is 0. The van der Waals surface area contributed by atoms with Gasteiger partial charge in [0.25, 0.3) is 0 Å². The Hall–Kier alpha value is -0.300. The van der Waals surface area contributed by atoms with Gasteiger partial charge in [0.1, 0.15) is 0 Å². The highest BCUT2D eigenvalue weighted by molar-refractivity contribution is 4.78. The van der Waals surface area contributed by atoms with E-state index in [2.05, 4.69) is 6.58 Å². The lowest BCUT2D eigenvalue weighted by atomic mass is 10.4. The van der Waals surface area contributed by atoms with Gasteiger partial charge in [0.15, 0.2) is 0 Å². The number of rotatable bonds is 0. The minimum Gasteiger partial charge on any atom is -0.400 e. The van der Waals surface area contributed by atoms with Crippen LogP contribution in [-0.4, -0.2) is 12.2 Å². The number of aliphatic hydroxyl groups is 1. The minimum atomic E-state index is 1.00. The molecule has 0 aromatic heterocycles.